The number of anilines is 1. The van der Waals surface area contributed by atoms with E-state index < -0.39 is 5.97 Å². The second kappa shape index (κ2) is 6.72. The van der Waals surface area contributed by atoms with Gasteiger partial charge in [0.2, 0.25) is 0 Å². The molecule has 6 heteroatoms. The lowest BCUT2D eigenvalue weighted by molar-refractivity contribution is -0.124. The largest absolute Gasteiger partial charge is 0.452 e. The van der Waals surface area contributed by atoms with Gasteiger partial charge in [0.15, 0.2) is 6.61 Å². The van der Waals surface area contributed by atoms with Gasteiger partial charge in [0.1, 0.15) is 0 Å². The van der Waals surface area contributed by atoms with Crippen molar-refractivity contribution >= 4 is 28.9 Å². The van der Waals surface area contributed by atoms with Crippen molar-refractivity contribution in [2.75, 3.05) is 12.3 Å². The molecule has 5 nitrogen and oxygen atoms in total. The van der Waals surface area contributed by atoms with E-state index >= 15 is 0 Å². The van der Waals surface area contributed by atoms with E-state index in [-0.39, 0.29) is 12.5 Å². The Labute approximate surface area is 120 Å². The molecule has 0 aliphatic heterocycles. The van der Waals surface area contributed by atoms with Gasteiger partial charge in [-0.3, -0.25) is 4.79 Å². The fourth-order valence-corrected chi connectivity index (χ4v) is 2.17. The van der Waals surface area contributed by atoms with Gasteiger partial charge in [-0.1, -0.05) is 12.1 Å². The minimum Gasteiger partial charge on any atom is -0.452 e. The van der Waals surface area contributed by atoms with E-state index in [1.165, 1.54) is 6.07 Å². The van der Waals surface area contributed by atoms with Crippen LogP contribution in [0.15, 0.2) is 41.8 Å². The number of rotatable bonds is 5. The lowest BCUT2D eigenvalue weighted by Gasteiger charge is -2.06. The SMILES string of the molecule is Nc1cccc(C(=O)OCC(=O)NCc2cccs2)c1. The molecule has 0 spiro atoms. The summed E-state index contributed by atoms with van der Waals surface area (Å²) in [5.74, 6) is -0.903. The molecule has 3 N–H and O–H groups in total. The highest BCUT2D eigenvalue weighted by atomic mass is 32.1. The predicted molar refractivity (Wildman–Crippen MR) is 77.3 cm³/mol. The van der Waals surface area contributed by atoms with Crippen LogP contribution in [0.1, 0.15) is 15.2 Å². The first kappa shape index (κ1) is 14.1. The standard InChI is InChI=1S/C14H14N2O3S/c15-11-4-1-3-10(7-11)14(18)19-9-13(17)16-8-12-5-2-6-20-12/h1-7H,8-9,15H2,(H,16,17). The van der Waals surface area contributed by atoms with Gasteiger partial charge in [0.25, 0.3) is 5.91 Å². The molecule has 0 saturated carbocycles. The maximum absolute atomic E-state index is 11.7. The summed E-state index contributed by atoms with van der Waals surface area (Å²) < 4.78 is 4.91. The van der Waals surface area contributed by atoms with Gasteiger partial charge in [-0.05, 0) is 29.6 Å². The molecule has 1 heterocycles. The molecule has 0 bridgehead atoms. The number of nitrogens with one attached hydrogen (secondary N) is 1. The maximum atomic E-state index is 11.7. The highest BCUT2D eigenvalue weighted by Gasteiger charge is 2.10. The maximum Gasteiger partial charge on any atom is 0.338 e. The molecule has 0 saturated heterocycles. The van der Waals surface area contributed by atoms with Crippen LogP contribution in [-0.2, 0) is 16.1 Å². The molecular weight excluding hydrogens is 276 g/mol. The van der Waals surface area contributed by atoms with E-state index in [9.17, 15) is 9.59 Å². The van der Waals surface area contributed by atoms with Crippen molar-refractivity contribution < 1.29 is 14.3 Å². The van der Waals surface area contributed by atoms with Crippen molar-refractivity contribution in [1.82, 2.24) is 5.32 Å². The summed E-state index contributed by atoms with van der Waals surface area (Å²) in [6.45, 7) is 0.130. The molecule has 1 aromatic carbocycles. The second-order valence-electron chi connectivity index (χ2n) is 4.06. The highest BCUT2D eigenvalue weighted by molar-refractivity contribution is 7.09. The van der Waals surface area contributed by atoms with E-state index in [2.05, 4.69) is 5.32 Å². The van der Waals surface area contributed by atoms with Crippen molar-refractivity contribution in [3.8, 4) is 0 Å². The molecule has 0 aliphatic rings. The number of nitrogen functional groups attached to an aromatic ring is 1. The molecule has 104 valence electrons. The first-order valence-corrected chi connectivity index (χ1v) is 6.85. The number of benzene rings is 1. The van der Waals surface area contributed by atoms with E-state index in [4.69, 9.17) is 10.5 Å². The van der Waals surface area contributed by atoms with Crippen LogP contribution >= 0.6 is 11.3 Å². The molecular formula is C14H14N2O3S. The van der Waals surface area contributed by atoms with Gasteiger partial charge in [0, 0.05) is 10.6 Å². The number of ether oxygens (including phenoxy) is 1. The van der Waals surface area contributed by atoms with Crippen molar-refractivity contribution in [1.29, 1.82) is 0 Å². The number of nitrogens with two attached hydrogens (primary N) is 1. The molecule has 0 unspecified atom stereocenters. The Morgan fingerprint density at radius 2 is 2.10 bits per heavy atom. The zero-order valence-corrected chi connectivity index (χ0v) is 11.5. The molecule has 2 aromatic rings. The third-order valence-corrected chi connectivity index (χ3v) is 3.37. The molecule has 2 rings (SSSR count). The topological polar surface area (TPSA) is 81.4 Å². The van der Waals surface area contributed by atoms with Gasteiger partial charge >= 0.3 is 5.97 Å². The van der Waals surface area contributed by atoms with Crippen LogP contribution in [0.2, 0.25) is 0 Å². The summed E-state index contributed by atoms with van der Waals surface area (Å²) in [4.78, 5) is 24.3. The van der Waals surface area contributed by atoms with Crippen LogP contribution < -0.4 is 11.1 Å². The average Bonchev–Trinajstić information content (AvgIpc) is 2.95. The number of thiophene rings is 1. The minimum absolute atomic E-state index is 0.307. The molecule has 1 amide bonds. The average molecular weight is 290 g/mol. The minimum atomic E-state index is -0.566. The number of hydrogen-bond donors (Lipinski definition) is 2. The van der Waals surface area contributed by atoms with Gasteiger partial charge in [-0.2, -0.15) is 0 Å². The van der Waals surface area contributed by atoms with Gasteiger partial charge < -0.3 is 15.8 Å². The van der Waals surface area contributed by atoms with Gasteiger partial charge in [-0.25, -0.2) is 4.79 Å². The number of esters is 1. The third kappa shape index (κ3) is 4.10. The smallest absolute Gasteiger partial charge is 0.338 e. The fourth-order valence-electron chi connectivity index (χ4n) is 1.53. The van der Waals surface area contributed by atoms with Gasteiger partial charge in [-0.15, -0.1) is 11.3 Å². The number of hydrogen-bond acceptors (Lipinski definition) is 5. The third-order valence-electron chi connectivity index (χ3n) is 2.50. The monoisotopic (exact) mass is 290 g/mol. The Morgan fingerprint density at radius 1 is 1.25 bits per heavy atom. The number of carbonyl (C=O) groups is 2. The Hall–Kier alpha value is -2.34. The van der Waals surface area contributed by atoms with Crippen LogP contribution in [0.3, 0.4) is 0 Å². The summed E-state index contributed by atoms with van der Waals surface area (Å²) in [7, 11) is 0. The lowest BCUT2D eigenvalue weighted by atomic mass is 10.2. The van der Waals surface area contributed by atoms with Crippen molar-refractivity contribution in [3.05, 3.63) is 52.2 Å². The lowest BCUT2D eigenvalue weighted by Crippen LogP contribution is -2.28. The van der Waals surface area contributed by atoms with E-state index in [1.54, 1.807) is 29.5 Å². The summed E-state index contributed by atoms with van der Waals surface area (Å²) in [6, 6.07) is 10.2. The summed E-state index contributed by atoms with van der Waals surface area (Å²) >= 11 is 1.55. The first-order chi connectivity index (χ1) is 9.65. The van der Waals surface area contributed by atoms with Crippen LogP contribution in [0, 0.1) is 0 Å². The quantitative estimate of drug-likeness (QED) is 0.650. The number of amides is 1. The molecule has 0 aliphatic carbocycles. The summed E-state index contributed by atoms with van der Waals surface area (Å²) in [5.41, 5.74) is 6.37. The molecule has 0 radical (unpaired) electrons. The zero-order valence-electron chi connectivity index (χ0n) is 10.7. The van der Waals surface area contributed by atoms with Crippen LogP contribution in [-0.4, -0.2) is 18.5 Å². The summed E-state index contributed by atoms with van der Waals surface area (Å²) in [6.07, 6.45) is 0. The Morgan fingerprint density at radius 3 is 2.80 bits per heavy atom. The summed E-state index contributed by atoms with van der Waals surface area (Å²) in [5, 5.41) is 4.60. The normalized spacial score (nSPS) is 10.0. The van der Waals surface area contributed by atoms with E-state index in [0.717, 1.165) is 4.88 Å². The van der Waals surface area contributed by atoms with Crippen molar-refractivity contribution in [2.24, 2.45) is 0 Å². The van der Waals surface area contributed by atoms with Crippen LogP contribution in [0.5, 0.6) is 0 Å². The number of carbonyl (C=O) groups excluding carboxylic acids is 2. The first-order valence-electron chi connectivity index (χ1n) is 5.97. The van der Waals surface area contributed by atoms with E-state index in [0.29, 0.717) is 17.8 Å². The Balaban J connectivity index is 1.77. The van der Waals surface area contributed by atoms with Crippen LogP contribution in [0.4, 0.5) is 5.69 Å². The predicted octanol–water partition coefficient (Wildman–Crippen LogP) is 1.80. The molecule has 1 aromatic heterocycles. The van der Waals surface area contributed by atoms with Gasteiger partial charge in [0.05, 0.1) is 12.1 Å². The highest BCUT2D eigenvalue weighted by Crippen LogP contribution is 2.08. The zero-order chi connectivity index (χ0) is 14.4. The molecule has 0 fully saturated rings. The van der Waals surface area contributed by atoms with Crippen molar-refractivity contribution in [2.45, 2.75) is 6.54 Å². The van der Waals surface area contributed by atoms with Crippen molar-refractivity contribution in [3.63, 3.8) is 0 Å². The Bertz CT molecular complexity index is 596. The van der Waals surface area contributed by atoms with Crippen LogP contribution in [0.25, 0.3) is 0 Å². The Kier molecular flexibility index (Phi) is 4.73. The van der Waals surface area contributed by atoms with E-state index in [1.807, 2.05) is 17.5 Å². The molecule has 20 heavy (non-hydrogen) atoms. The second-order valence-corrected chi connectivity index (χ2v) is 5.09. The fraction of sp³-hybridized carbons (Fsp3) is 0.143. The molecule has 0 atom stereocenters.